The van der Waals surface area contributed by atoms with Crippen LogP contribution in [0, 0.1) is 6.92 Å². The topological polar surface area (TPSA) is 83.7 Å². The fourth-order valence-electron chi connectivity index (χ4n) is 3.88. The molecule has 2 N–H and O–H groups in total. The molecule has 1 atom stereocenters. The minimum absolute atomic E-state index is 0.0365. The number of amides is 2. The average molecular weight is 421 g/mol. The van der Waals surface area contributed by atoms with Gasteiger partial charge in [-0.1, -0.05) is 24.3 Å². The second kappa shape index (κ2) is 9.22. The average Bonchev–Trinajstić information content (AvgIpc) is 3.27. The van der Waals surface area contributed by atoms with Gasteiger partial charge in [0.15, 0.2) is 0 Å². The van der Waals surface area contributed by atoms with Gasteiger partial charge in [-0.05, 0) is 55.0 Å². The van der Waals surface area contributed by atoms with Crippen LogP contribution >= 0.6 is 0 Å². The van der Waals surface area contributed by atoms with Crippen LogP contribution in [0.3, 0.4) is 0 Å². The van der Waals surface area contributed by atoms with E-state index < -0.39 is 0 Å². The Bertz CT molecular complexity index is 1140. The first-order valence-corrected chi connectivity index (χ1v) is 10.5. The number of rotatable bonds is 6. The number of aryl methyl sites for hydroxylation is 1. The number of para-hydroxylation sites is 2. The smallest absolute Gasteiger partial charge is 0.322 e. The van der Waals surface area contributed by atoms with Crippen LogP contribution in [0.5, 0.6) is 5.75 Å². The molecule has 2 aromatic carbocycles. The molecule has 4 rings (SSSR count). The molecule has 1 saturated heterocycles. The molecule has 162 valence electrons. The van der Waals surface area contributed by atoms with Gasteiger partial charge >= 0.3 is 6.03 Å². The number of aromatic nitrogens is 1. The van der Waals surface area contributed by atoms with Crippen molar-refractivity contribution in [2.45, 2.75) is 32.4 Å². The second-order valence-corrected chi connectivity index (χ2v) is 7.86. The summed E-state index contributed by atoms with van der Waals surface area (Å²) in [7, 11) is 1.56. The lowest BCUT2D eigenvalue weighted by Gasteiger charge is -2.26. The second-order valence-electron chi connectivity index (χ2n) is 7.86. The van der Waals surface area contributed by atoms with Crippen LogP contribution in [0.15, 0.2) is 53.3 Å². The Morgan fingerprint density at radius 1 is 1.26 bits per heavy atom. The van der Waals surface area contributed by atoms with E-state index in [-0.39, 0.29) is 24.2 Å². The number of pyridine rings is 1. The minimum atomic E-state index is -0.302. The maximum Gasteiger partial charge on any atom is 0.322 e. The molecule has 0 spiro atoms. The summed E-state index contributed by atoms with van der Waals surface area (Å²) < 4.78 is 11.1. The van der Waals surface area contributed by atoms with Crippen LogP contribution in [0.4, 0.5) is 10.5 Å². The molecule has 0 radical (unpaired) electrons. The van der Waals surface area contributed by atoms with Gasteiger partial charge in [0, 0.05) is 24.2 Å². The number of carbonyl (C=O) groups excluding carboxylic acids is 1. The van der Waals surface area contributed by atoms with E-state index in [1.54, 1.807) is 24.1 Å². The van der Waals surface area contributed by atoms with Crippen molar-refractivity contribution in [3.05, 3.63) is 70.0 Å². The van der Waals surface area contributed by atoms with Crippen LogP contribution in [-0.4, -0.2) is 42.3 Å². The van der Waals surface area contributed by atoms with Crippen LogP contribution < -0.4 is 15.6 Å². The van der Waals surface area contributed by atoms with Crippen LogP contribution in [0.2, 0.25) is 0 Å². The monoisotopic (exact) mass is 421 g/mol. The first-order valence-electron chi connectivity index (χ1n) is 10.5. The summed E-state index contributed by atoms with van der Waals surface area (Å²) in [5.74, 6) is 0.576. The SMILES string of the molecule is COc1ccccc1NC(=O)N(Cc1cc2ccc(C)cc2[nH]c1=O)C[C@H]1CCCO1. The van der Waals surface area contributed by atoms with E-state index in [0.717, 1.165) is 29.3 Å². The van der Waals surface area contributed by atoms with E-state index in [1.807, 2.05) is 43.3 Å². The summed E-state index contributed by atoms with van der Waals surface area (Å²) >= 11 is 0. The van der Waals surface area contributed by atoms with E-state index in [0.29, 0.717) is 30.2 Å². The normalized spacial score (nSPS) is 15.7. The van der Waals surface area contributed by atoms with Crippen molar-refractivity contribution in [3.63, 3.8) is 0 Å². The molecule has 2 heterocycles. The lowest BCUT2D eigenvalue weighted by Crippen LogP contribution is -2.40. The predicted octanol–water partition coefficient (Wildman–Crippen LogP) is 4.06. The number of urea groups is 1. The number of aromatic amines is 1. The van der Waals surface area contributed by atoms with E-state index in [4.69, 9.17) is 9.47 Å². The van der Waals surface area contributed by atoms with Crippen molar-refractivity contribution in [2.75, 3.05) is 25.6 Å². The molecule has 0 unspecified atom stereocenters. The largest absolute Gasteiger partial charge is 0.495 e. The van der Waals surface area contributed by atoms with Gasteiger partial charge in [0.2, 0.25) is 0 Å². The molecule has 1 aliphatic rings. The Morgan fingerprint density at radius 2 is 2.10 bits per heavy atom. The molecule has 0 bridgehead atoms. The maximum atomic E-state index is 13.2. The standard InChI is InChI=1S/C24H27N3O4/c1-16-9-10-17-13-18(23(28)25-21(17)12-16)14-27(15-19-6-5-11-31-19)24(29)26-20-7-3-4-8-22(20)30-2/h3-4,7-10,12-13,19H,5-6,11,14-15H2,1-2H3,(H,25,28)(H,26,29)/t19-/m1/s1. The van der Waals surface area contributed by atoms with E-state index >= 15 is 0 Å². The zero-order valence-electron chi connectivity index (χ0n) is 17.8. The summed E-state index contributed by atoms with van der Waals surface area (Å²) in [6, 6.07) is 14.7. The van der Waals surface area contributed by atoms with Crippen LogP contribution in [0.25, 0.3) is 10.9 Å². The van der Waals surface area contributed by atoms with Gasteiger partial charge < -0.3 is 24.7 Å². The summed E-state index contributed by atoms with van der Waals surface area (Å²) in [6.45, 7) is 3.27. The fourth-order valence-corrected chi connectivity index (χ4v) is 3.88. The highest BCUT2D eigenvalue weighted by Gasteiger charge is 2.24. The first-order chi connectivity index (χ1) is 15.0. The van der Waals surface area contributed by atoms with Crippen molar-refractivity contribution < 1.29 is 14.3 Å². The van der Waals surface area contributed by atoms with Gasteiger partial charge in [-0.2, -0.15) is 0 Å². The summed E-state index contributed by atoms with van der Waals surface area (Å²) in [5.41, 5.74) is 2.78. The minimum Gasteiger partial charge on any atom is -0.495 e. The summed E-state index contributed by atoms with van der Waals surface area (Å²) in [5, 5.41) is 3.85. The van der Waals surface area contributed by atoms with Gasteiger partial charge in [0.05, 0.1) is 25.4 Å². The Balaban J connectivity index is 1.61. The van der Waals surface area contributed by atoms with Gasteiger partial charge in [-0.25, -0.2) is 4.79 Å². The molecular weight excluding hydrogens is 394 g/mol. The first kappa shape index (κ1) is 20.9. The predicted molar refractivity (Wildman–Crippen MR) is 121 cm³/mol. The number of benzene rings is 2. The van der Waals surface area contributed by atoms with E-state index in [9.17, 15) is 9.59 Å². The number of nitrogens with one attached hydrogen (secondary N) is 2. The van der Waals surface area contributed by atoms with Crippen molar-refractivity contribution in [3.8, 4) is 5.75 Å². The molecule has 3 aromatic rings. The maximum absolute atomic E-state index is 13.2. The number of carbonyl (C=O) groups is 1. The van der Waals surface area contributed by atoms with E-state index in [1.165, 1.54) is 0 Å². The number of ether oxygens (including phenoxy) is 2. The molecule has 7 nitrogen and oxygen atoms in total. The fraction of sp³-hybridized carbons (Fsp3) is 0.333. The number of hydrogen-bond donors (Lipinski definition) is 2. The summed E-state index contributed by atoms with van der Waals surface area (Å²) in [6.07, 6.45) is 1.83. The summed E-state index contributed by atoms with van der Waals surface area (Å²) in [4.78, 5) is 30.5. The molecule has 1 aromatic heterocycles. The molecule has 7 heteroatoms. The lowest BCUT2D eigenvalue weighted by atomic mass is 10.1. The number of H-pyrrole nitrogens is 1. The highest BCUT2D eigenvalue weighted by molar-refractivity contribution is 5.91. The van der Waals surface area contributed by atoms with Crippen molar-refractivity contribution >= 4 is 22.6 Å². The Morgan fingerprint density at radius 3 is 2.87 bits per heavy atom. The van der Waals surface area contributed by atoms with Crippen LogP contribution in [0.1, 0.15) is 24.0 Å². The number of anilines is 1. The quantitative estimate of drug-likeness (QED) is 0.629. The number of methoxy groups -OCH3 is 1. The Hall–Kier alpha value is -3.32. The third-order valence-electron chi connectivity index (χ3n) is 5.52. The van der Waals surface area contributed by atoms with Crippen molar-refractivity contribution in [1.82, 2.24) is 9.88 Å². The Labute approximate surface area is 181 Å². The third kappa shape index (κ3) is 4.88. The molecule has 0 saturated carbocycles. The highest BCUT2D eigenvalue weighted by atomic mass is 16.5. The van der Waals surface area contributed by atoms with Crippen molar-refractivity contribution in [1.29, 1.82) is 0 Å². The molecule has 0 aliphatic carbocycles. The van der Waals surface area contributed by atoms with Crippen molar-refractivity contribution in [2.24, 2.45) is 0 Å². The van der Waals surface area contributed by atoms with Gasteiger partial charge in [-0.3, -0.25) is 4.79 Å². The third-order valence-corrected chi connectivity index (χ3v) is 5.52. The molecule has 31 heavy (non-hydrogen) atoms. The number of nitrogens with zero attached hydrogens (tertiary/aromatic N) is 1. The molecule has 1 aliphatic heterocycles. The van der Waals surface area contributed by atoms with Gasteiger partial charge in [-0.15, -0.1) is 0 Å². The highest BCUT2D eigenvalue weighted by Crippen LogP contribution is 2.24. The van der Waals surface area contributed by atoms with Gasteiger partial charge in [0.1, 0.15) is 5.75 Å². The lowest BCUT2D eigenvalue weighted by molar-refractivity contribution is 0.0818. The van der Waals surface area contributed by atoms with Gasteiger partial charge in [0.25, 0.3) is 5.56 Å². The number of fused-ring (bicyclic) bond motifs is 1. The zero-order valence-corrected chi connectivity index (χ0v) is 17.8. The zero-order chi connectivity index (χ0) is 21.8. The Kier molecular flexibility index (Phi) is 6.23. The molecule has 2 amide bonds. The molecular formula is C24H27N3O4. The van der Waals surface area contributed by atoms with Crippen LogP contribution in [-0.2, 0) is 11.3 Å². The molecule has 1 fully saturated rings. The van der Waals surface area contributed by atoms with E-state index in [2.05, 4.69) is 10.3 Å². The number of hydrogen-bond acceptors (Lipinski definition) is 4.